The molecular formula is C16H19N3O2. The van der Waals surface area contributed by atoms with E-state index in [0.717, 1.165) is 18.7 Å². The normalized spacial score (nSPS) is 10.8. The maximum Gasteiger partial charge on any atom is 0.307 e. The molecule has 0 fully saturated rings. The van der Waals surface area contributed by atoms with E-state index in [-0.39, 0.29) is 11.7 Å². The van der Waals surface area contributed by atoms with Crippen molar-refractivity contribution < 1.29 is 9.21 Å². The summed E-state index contributed by atoms with van der Waals surface area (Å²) in [4.78, 5) is 13.9. The van der Waals surface area contributed by atoms with Gasteiger partial charge in [0.25, 0.3) is 0 Å². The number of carbonyl (C=O) groups is 1. The Hall–Kier alpha value is -2.56. The first-order valence-corrected chi connectivity index (χ1v) is 6.96. The van der Waals surface area contributed by atoms with E-state index >= 15 is 0 Å². The Morgan fingerprint density at radius 1 is 1.24 bits per heavy atom. The lowest BCUT2D eigenvalue weighted by atomic mass is 10.2. The zero-order valence-electron chi connectivity index (χ0n) is 12.2. The quantitative estimate of drug-likeness (QED) is 0.656. The minimum atomic E-state index is -0.365. The molecule has 110 valence electrons. The van der Waals surface area contributed by atoms with Gasteiger partial charge in [-0.05, 0) is 43.7 Å². The second-order valence-corrected chi connectivity index (χ2v) is 4.44. The molecule has 0 radical (unpaired) electrons. The summed E-state index contributed by atoms with van der Waals surface area (Å²) in [5.74, 6) is -0.125. The molecule has 2 rings (SSSR count). The van der Waals surface area contributed by atoms with Gasteiger partial charge in [0.2, 0.25) is 0 Å². The molecule has 0 saturated carbocycles. The van der Waals surface area contributed by atoms with Crippen molar-refractivity contribution in [3.8, 4) is 0 Å². The molecule has 21 heavy (non-hydrogen) atoms. The third kappa shape index (κ3) is 3.95. The molecule has 1 amide bonds. The number of carbonyl (C=O) groups excluding carboxylic acids is 1. The van der Waals surface area contributed by atoms with Crippen LogP contribution < -0.4 is 10.3 Å². The molecule has 1 aromatic heterocycles. The smallest absolute Gasteiger partial charge is 0.307 e. The van der Waals surface area contributed by atoms with Crippen LogP contribution >= 0.6 is 0 Å². The van der Waals surface area contributed by atoms with Gasteiger partial charge in [0.15, 0.2) is 5.76 Å². The van der Waals surface area contributed by atoms with E-state index < -0.39 is 0 Å². The van der Waals surface area contributed by atoms with Gasteiger partial charge in [0.1, 0.15) is 0 Å². The van der Waals surface area contributed by atoms with Gasteiger partial charge in [-0.3, -0.25) is 4.79 Å². The lowest BCUT2D eigenvalue weighted by Crippen LogP contribution is -2.21. The Labute approximate surface area is 124 Å². The number of rotatable bonds is 6. The molecular weight excluding hydrogens is 266 g/mol. The van der Waals surface area contributed by atoms with E-state index in [1.807, 2.05) is 24.3 Å². The number of benzene rings is 1. The Morgan fingerprint density at radius 3 is 2.52 bits per heavy atom. The zero-order valence-corrected chi connectivity index (χ0v) is 12.2. The van der Waals surface area contributed by atoms with Crippen molar-refractivity contribution in [1.82, 2.24) is 5.43 Å². The van der Waals surface area contributed by atoms with Crippen LogP contribution in [0.25, 0.3) is 0 Å². The SMILES string of the molecule is CCN(CC)c1ccc(/C=N\NC(=O)c2ccco2)cc1. The highest BCUT2D eigenvalue weighted by Crippen LogP contribution is 2.13. The lowest BCUT2D eigenvalue weighted by Gasteiger charge is -2.20. The second-order valence-electron chi connectivity index (χ2n) is 4.44. The van der Waals surface area contributed by atoms with Gasteiger partial charge in [0.05, 0.1) is 12.5 Å². The molecule has 0 unspecified atom stereocenters. The number of hydrazone groups is 1. The van der Waals surface area contributed by atoms with Gasteiger partial charge in [-0.15, -0.1) is 0 Å². The topological polar surface area (TPSA) is 57.8 Å². The third-order valence-corrected chi connectivity index (χ3v) is 3.15. The van der Waals surface area contributed by atoms with Crippen molar-refractivity contribution in [2.24, 2.45) is 5.10 Å². The number of hydrogen-bond acceptors (Lipinski definition) is 4. The van der Waals surface area contributed by atoms with Gasteiger partial charge in [-0.2, -0.15) is 5.10 Å². The molecule has 0 bridgehead atoms. The monoisotopic (exact) mass is 285 g/mol. The van der Waals surface area contributed by atoms with Gasteiger partial charge in [-0.25, -0.2) is 5.43 Å². The Kier molecular flexibility index (Phi) is 5.15. The van der Waals surface area contributed by atoms with E-state index in [1.54, 1.807) is 18.3 Å². The molecule has 2 aromatic rings. The van der Waals surface area contributed by atoms with E-state index in [9.17, 15) is 4.79 Å². The van der Waals surface area contributed by atoms with Crippen LogP contribution in [0.15, 0.2) is 52.2 Å². The fourth-order valence-electron chi connectivity index (χ4n) is 1.99. The Morgan fingerprint density at radius 2 is 1.95 bits per heavy atom. The van der Waals surface area contributed by atoms with Crippen molar-refractivity contribution in [1.29, 1.82) is 0 Å². The summed E-state index contributed by atoms with van der Waals surface area (Å²) in [5.41, 5.74) is 4.52. The number of nitrogens with zero attached hydrogens (tertiary/aromatic N) is 2. The second kappa shape index (κ2) is 7.28. The molecule has 0 atom stereocenters. The van der Waals surface area contributed by atoms with Crippen LogP contribution in [0, 0.1) is 0 Å². The van der Waals surface area contributed by atoms with Crippen molar-refractivity contribution in [2.75, 3.05) is 18.0 Å². The summed E-state index contributed by atoms with van der Waals surface area (Å²) >= 11 is 0. The summed E-state index contributed by atoms with van der Waals surface area (Å²) in [6.07, 6.45) is 3.05. The van der Waals surface area contributed by atoms with Crippen LogP contribution in [-0.2, 0) is 0 Å². The average molecular weight is 285 g/mol. The largest absolute Gasteiger partial charge is 0.459 e. The minimum Gasteiger partial charge on any atom is -0.459 e. The number of furan rings is 1. The Bertz CT molecular complexity index is 584. The maximum atomic E-state index is 11.6. The number of hydrogen-bond donors (Lipinski definition) is 1. The standard InChI is InChI=1S/C16H19N3O2/c1-3-19(4-2)14-9-7-13(8-10-14)12-17-18-16(20)15-6-5-11-21-15/h5-12H,3-4H2,1-2H3,(H,18,20)/b17-12-. The molecule has 0 spiro atoms. The van der Waals surface area contributed by atoms with Gasteiger partial charge in [-0.1, -0.05) is 12.1 Å². The van der Waals surface area contributed by atoms with Crippen molar-refractivity contribution >= 4 is 17.8 Å². The van der Waals surface area contributed by atoms with Crippen LogP contribution in [-0.4, -0.2) is 25.2 Å². The first-order valence-electron chi connectivity index (χ1n) is 6.96. The molecule has 5 nitrogen and oxygen atoms in total. The first-order chi connectivity index (χ1) is 10.2. The summed E-state index contributed by atoms with van der Waals surface area (Å²) in [6.45, 7) is 6.21. The minimum absolute atomic E-state index is 0.240. The summed E-state index contributed by atoms with van der Waals surface area (Å²) < 4.78 is 4.97. The van der Waals surface area contributed by atoms with E-state index in [2.05, 4.69) is 29.3 Å². The Balaban J connectivity index is 1.94. The fraction of sp³-hybridized carbons (Fsp3) is 0.250. The van der Waals surface area contributed by atoms with Gasteiger partial charge >= 0.3 is 5.91 Å². The van der Waals surface area contributed by atoms with E-state index in [0.29, 0.717) is 0 Å². The molecule has 0 aliphatic carbocycles. The van der Waals surface area contributed by atoms with Crippen LogP contribution in [0.5, 0.6) is 0 Å². The summed E-state index contributed by atoms with van der Waals surface area (Å²) in [6, 6.07) is 11.3. The van der Waals surface area contributed by atoms with Crippen LogP contribution in [0.4, 0.5) is 5.69 Å². The maximum absolute atomic E-state index is 11.6. The molecule has 0 aliphatic rings. The van der Waals surface area contributed by atoms with Crippen LogP contribution in [0.1, 0.15) is 30.0 Å². The summed E-state index contributed by atoms with van der Waals surface area (Å²) in [5, 5.41) is 3.91. The number of anilines is 1. The molecule has 0 saturated heterocycles. The van der Waals surface area contributed by atoms with E-state index in [1.165, 1.54) is 12.0 Å². The molecule has 0 aliphatic heterocycles. The number of nitrogens with one attached hydrogen (secondary N) is 1. The molecule has 1 heterocycles. The predicted octanol–water partition coefficient (Wildman–Crippen LogP) is 2.89. The lowest BCUT2D eigenvalue weighted by molar-refractivity contribution is 0.0927. The predicted molar refractivity (Wildman–Crippen MR) is 83.8 cm³/mol. The highest BCUT2D eigenvalue weighted by Gasteiger charge is 2.05. The van der Waals surface area contributed by atoms with Crippen molar-refractivity contribution in [3.63, 3.8) is 0 Å². The molecule has 1 aromatic carbocycles. The van der Waals surface area contributed by atoms with Gasteiger partial charge < -0.3 is 9.32 Å². The first kappa shape index (κ1) is 14.8. The van der Waals surface area contributed by atoms with Gasteiger partial charge in [0, 0.05) is 18.8 Å². The van der Waals surface area contributed by atoms with Crippen LogP contribution in [0.2, 0.25) is 0 Å². The fourth-order valence-corrected chi connectivity index (χ4v) is 1.99. The molecule has 1 N–H and O–H groups in total. The van der Waals surface area contributed by atoms with Crippen LogP contribution in [0.3, 0.4) is 0 Å². The van der Waals surface area contributed by atoms with E-state index in [4.69, 9.17) is 4.42 Å². The number of amides is 1. The highest BCUT2D eigenvalue weighted by atomic mass is 16.3. The van der Waals surface area contributed by atoms with Crippen molar-refractivity contribution in [2.45, 2.75) is 13.8 Å². The summed E-state index contributed by atoms with van der Waals surface area (Å²) in [7, 11) is 0. The third-order valence-electron chi connectivity index (χ3n) is 3.15. The van der Waals surface area contributed by atoms with Crippen molar-refractivity contribution in [3.05, 3.63) is 54.0 Å². The zero-order chi connectivity index (χ0) is 15.1. The average Bonchev–Trinajstić information content (AvgIpc) is 3.04. The molecule has 5 heteroatoms. The highest BCUT2D eigenvalue weighted by molar-refractivity contribution is 5.92.